The minimum absolute atomic E-state index is 0.0175. The molecule has 2 N–H and O–H groups in total. The number of benzene rings is 1. The van der Waals surface area contributed by atoms with E-state index < -0.39 is 20.7 Å². The topological polar surface area (TPSA) is 127 Å². The van der Waals surface area contributed by atoms with E-state index in [1.165, 1.54) is 28.3 Å². The summed E-state index contributed by atoms with van der Waals surface area (Å²) in [6.07, 6.45) is 2.44. The van der Waals surface area contributed by atoms with Crippen molar-refractivity contribution in [2.24, 2.45) is 7.05 Å². The van der Waals surface area contributed by atoms with Gasteiger partial charge in [0.1, 0.15) is 16.7 Å². The van der Waals surface area contributed by atoms with Crippen molar-refractivity contribution in [3.8, 4) is 17.0 Å². The summed E-state index contributed by atoms with van der Waals surface area (Å²) in [6.45, 7) is 1.87. The van der Waals surface area contributed by atoms with Crippen molar-refractivity contribution in [1.82, 2.24) is 14.0 Å². The van der Waals surface area contributed by atoms with Crippen LogP contribution in [0.2, 0.25) is 5.28 Å². The zero-order valence-corrected chi connectivity index (χ0v) is 17.0. The monoisotopic (exact) mass is 437 g/mol. The van der Waals surface area contributed by atoms with Gasteiger partial charge in [-0.3, -0.25) is 13.7 Å². The molecule has 9 nitrogen and oxygen atoms in total. The lowest BCUT2D eigenvalue weighted by Gasteiger charge is -2.15. The number of nitrogens with zero attached hydrogens (tertiary/aromatic N) is 3. The summed E-state index contributed by atoms with van der Waals surface area (Å²) < 4.78 is 41.7. The third-order valence-corrected chi connectivity index (χ3v) is 5.85. The van der Waals surface area contributed by atoms with Gasteiger partial charge in [-0.2, -0.15) is 8.42 Å². The third-order valence-electron chi connectivity index (χ3n) is 4.74. The zero-order chi connectivity index (χ0) is 21.1. The van der Waals surface area contributed by atoms with Crippen LogP contribution < -0.4 is 5.56 Å². The van der Waals surface area contributed by atoms with Crippen molar-refractivity contribution in [2.75, 3.05) is 0 Å². The first-order chi connectivity index (χ1) is 13.6. The van der Waals surface area contributed by atoms with Crippen molar-refractivity contribution < 1.29 is 22.5 Å². The van der Waals surface area contributed by atoms with Gasteiger partial charge in [0.15, 0.2) is 0 Å². The van der Waals surface area contributed by atoms with Crippen LogP contribution in [0.25, 0.3) is 27.9 Å². The predicted molar refractivity (Wildman–Crippen MR) is 106 cm³/mol. The van der Waals surface area contributed by atoms with E-state index in [1.807, 2.05) is 6.92 Å². The number of phenolic OH excluding ortho intramolecular Hbond substituents is 1. The molecule has 0 radical (unpaired) electrons. The lowest BCUT2D eigenvalue weighted by molar-refractivity contribution is 0.471. The molecule has 0 aliphatic carbocycles. The quantitative estimate of drug-likeness (QED) is 0.470. The second-order valence-electron chi connectivity index (χ2n) is 6.57. The Morgan fingerprint density at radius 3 is 2.72 bits per heavy atom. The standard InChI is InChI=1S/C18H16ClN3O6S/c1-3-5-9-10(14-16(29(25,26)27)20-18(19)21(14)2)8-11-13(15(9)23)17(24)22-7-4-6-12(22)28-11/h4,6-8,23H,3,5H2,1-2H3,(H,25,26,27). The maximum absolute atomic E-state index is 12.8. The molecule has 0 unspecified atom stereocenters. The minimum atomic E-state index is -4.71. The molecule has 0 spiro atoms. The Balaban J connectivity index is 2.20. The SMILES string of the molecule is CCCc1c(-c2c(S(=O)(=O)O)nc(Cl)n2C)cc2oc3cccn3c(=O)c2c1O. The molecule has 0 amide bonds. The molecule has 0 atom stereocenters. The number of imidazole rings is 1. The number of phenols is 1. The Labute approximate surface area is 169 Å². The smallest absolute Gasteiger partial charge is 0.314 e. The number of hydrogen-bond acceptors (Lipinski definition) is 6. The van der Waals surface area contributed by atoms with E-state index in [1.54, 1.807) is 12.1 Å². The summed E-state index contributed by atoms with van der Waals surface area (Å²) in [7, 11) is -3.23. The van der Waals surface area contributed by atoms with E-state index in [0.717, 1.165) is 0 Å². The molecule has 4 aromatic rings. The first-order valence-electron chi connectivity index (χ1n) is 8.64. The molecule has 29 heavy (non-hydrogen) atoms. The Hall–Kier alpha value is -2.82. The number of aromatic hydroxyl groups is 1. The lowest BCUT2D eigenvalue weighted by Crippen LogP contribution is -2.13. The summed E-state index contributed by atoms with van der Waals surface area (Å²) in [5.41, 5.74) is 0.400. The number of hydrogen-bond donors (Lipinski definition) is 2. The van der Waals surface area contributed by atoms with E-state index in [0.29, 0.717) is 18.4 Å². The van der Waals surface area contributed by atoms with Crippen LogP contribution in [-0.4, -0.2) is 32.0 Å². The fourth-order valence-corrected chi connectivity index (χ4v) is 4.37. The molecule has 11 heteroatoms. The van der Waals surface area contributed by atoms with E-state index in [-0.39, 0.29) is 39.0 Å². The summed E-state index contributed by atoms with van der Waals surface area (Å²) in [5, 5.41) is 10.1. The van der Waals surface area contributed by atoms with Gasteiger partial charge in [0.25, 0.3) is 5.56 Å². The van der Waals surface area contributed by atoms with Gasteiger partial charge in [-0.05, 0) is 30.2 Å². The Kier molecular flexibility index (Phi) is 4.45. The molecule has 3 aromatic heterocycles. The van der Waals surface area contributed by atoms with Crippen LogP contribution in [0.4, 0.5) is 0 Å². The molecular formula is C18H16ClN3O6S. The van der Waals surface area contributed by atoms with Crippen molar-refractivity contribution in [1.29, 1.82) is 0 Å². The Bertz CT molecular complexity index is 1450. The predicted octanol–water partition coefficient (Wildman–Crippen LogP) is 3.00. The highest BCUT2D eigenvalue weighted by Gasteiger charge is 2.29. The molecule has 1 aromatic carbocycles. The molecule has 0 fully saturated rings. The van der Waals surface area contributed by atoms with Crippen LogP contribution in [0, 0.1) is 0 Å². The van der Waals surface area contributed by atoms with Crippen LogP contribution >= 0.6 is 11.6 Å². The van der Waals surface area contributed by atoms with Crippen molar-refractivity contribution in [2.45, 2.75) is 24.8 Å². The molecule has 0 saturated heterocycles. The number of halogens is 1. The third kappa shape index (κ3) is 2.91. The Morgan fingerprint density at radius 2 is 2.07 bits per heavy atom. The van der Waals surface area contributed by atoms with Gasteiger partial charge in [0, 0.05) is 30.4 Å². The summed E-state index contributed by atoms with van der Waals surface area (Å²) in [5.74, 6) is -0.317. The van der Waals surface area contributed by atoms with E-state index >= 15 is 0 Å². The van der Waals surface area contributed by atoms with Gasteiger partial charge in [0.05, 0.1) is 5.69 Å². The van der Waals surface area contributed by atoms with Gasteiger partial charge >= 0.3 is 10.1 Å². The van der Waals surface area contributed by atoms with Crippen LogP contribution in [0.3, 0.4) is 0 Å². The van der Waals surface area contributed by atoms with Crippen LogP contribution in [0.15, 0.2) is 38.6 Å². The van der Waals surface area contributed by atoms with E-state index in [4.69, 9.17) is 16.0 Å². The molecular weight excluding hydrogens is 422 g/mol. The summed E-state index contributed by atoms with van der Waals surface area (Å²) in [6, 6.07) is 4.67. The molecule has 0 aliphatic heterocycles. The fraction of sp³-hybridized carbons (Fsp3) is 0.222. The maximum Gasteiger partial charge on any atom is 0.314 e. The maximum atomic E-state index is 12.8. The average molecular weight is 438 g/mol. The van der Waals surface area contributed by atoms with Crippen LogP contribution in [0.1, 0.15) is 18.9 Å². The largest absolute Gasteiger partial charge is 0.507 e. The van der Waals surface area contributed by atoms with Crippen LogP contribution in [-0.2, 0) is 23.6 Å². The van der Waals surface area contributed by atoms with Gasteiger partial charge in [0.2, 0.25) is 16.0 Å². The van der Waals surface area contributed by atoms with E-state index in [2.05, 4.69) is 4.98 Å². The molecule has 3 heterocycles. The first-order valence-corrected chi connectivity index (χ1v) is 10.5. The summed E-state index contributed by atoms with van der Waals surface area (Å²) in [4.78, 5) is 16.6. The number of aromatic nitrogens is 3. The fourth-order valence-electron chi connectivity index (χ4n) is 3.46. The highest BCUT2D eigenvalue weighted by molar-refractivity contribution is 7.85. The molecule has 152 valence electrons. The second kappa shape index (κ2) is 6.61. The molecule has 0 aliphatic rings. The van der Waals surface area contributed by atoms with E-state index in [9.17, 15) is 22.9 Å². The minimum Gasteiger partial charge on any atom is -0.507 e. The molecule has 0 bridgehead atoms. The van der Waals surface area contributed by atoms with Gasteiger partial charge in [-0.1, -0.05) is 13.3 Å². The van der Waals surface area contributed by atoms with Crippen molar-refractivity contribution in [3.05, 3.63) is 45.6 Å². The number of rotatable bonds is 4. The van der Waals surface area contributed by atoms with Crippen LogP contribution in [0.5, 0.6) is 5.75 Å². The highest BCUT2D eigenvalue weighted by atomic mass is 35.5. The normalized spacial score (nSPS) is 12.3. The highest BCUT2D eigenvalue weighted by Crippen LogP contribution is 2.40. The van der Waals surface area contributed by atoms with Gasteiger partial charge in [-0.15, -0.1) is 0 Å². The molecule has 0 saturated carbocycles. The number of fused-ring (bicyclic) bond motifs is 2. The Morgan fingerprint density at radius 1 is 1.34 bits per heavy atom. The zero-order valence-electron chi connectivity index (χ0n) is 15.4. The molecule has 4 rings (SSSR count). The van der Waals surface area contributed by atoms with Crippen molar-refractivity contribution >= 4 is 38.4 Å². The van der Waals surface area contributed by atoms with Crippen molar-refractivity contribution in [3.63, 3.8) is 0 Å². The summed E-state index contributed by atoms with van der Waals surface area (Å²) >= 11 is 6.00. The van der Waals surface area contributed by atoms with Gasteiger partial charge < -0.3 is 14.1 Å². The second-order valence-corrected chi connectivity index (χ2v) is 8.24. The lowest BCUT2D eigenvalue weighted by atomic mass is 9.97. The first kappa shape index (κ1) is 19.5. The van der Waals surface area contributed by atoms with Gasteiger partial charge in [-0.25, -0.2) is 4.98 Å². The average Bonchev–Trinajstić information content (AvgIpc) is 3.22.